The second-order valence-corrected chi connectivity index (χ2v) is 6.67. The highest BCUT2D eigenvalue weighted by atomic mass is 16.5. The summed E-state index contributed by atoms with van der Waals surface area (Å²) in [7, 11) is 0. The maximum absolute atomic E-state index is 12.6. The molecule has 0 unspecified atom stereocenters. The molecule has 0 saturated carbocycles. The summed E-state index contributed by atoms with van der Waals surface area (Å²) in [5.41, 5.74) is 2.34. The van der Waals surface area contributed by atoms with Gasteiger partial charge in [0, 0.05) is 31.4 Å². The molecule has 7 nitrogen and oxygen atoms in total. The number of para-hydroxylation sites is 1. The van der Waals surface area contributed by atoms with Crippen molar-refractivity contribution in [1.82, 2.24) is 24.8 Å². The minimum Gasteiger partial charge on any atom is -0.437 e. The van der Waals surface area contributed by atoms with Gasteiger partial charge in [-0.05, 0) is 31.4 Å². The fourth-order valence-electron chi connectivity index (χ4n) is 3.40. The van der Waals surface area contributed by atoms with Gasteiger partial charge in [0.15, 0.2) is 0 Å². The number of hydrogen-bond donors (Lipinski definition) is 1. The molecule has 1 aromatic carbocycles. The monoisotopic (exact) mass is 363 g/mol. The number of rotatable bonds is 4. The van der Waals surface area contributed by atoms with Crippen LogP contribution in [0.3, 0.4) is 0 Å². The summed E-state index contributed by atoms with van der Waals surface area (Å²) in [6, 6.07) is 7.82. The SMILES string of the molecule is Cc1ccccc1Oc1nccnc1[C@H]1CCCN(C(=O)c2cnc[nH]2)C1. The number of imidazole rings is 1. The van der Waals surface area contributed by atoms with Crippen LogP contribution in [0.2, 0.25) is 0 Å². The zero-order chi connectivity index (χ0) is 18.6. The molecule has 1 aliphatic rings. The Morgan fingerprint density at radius 3 is 2.93 bits per heavy atom. The van der Waals surface area contributed by atoms with Crippen LogP contribution in [0.5, 0.6) is 11.6 Å². The number of likely N-dealkylation sites (tertiary alicyclic amines) is 1. The highest BCUT2D eigenvalue weighted by molar-refractivity contribution is 5.92. The number of amides is 1. The molecule has 3 aromatic rings. The highest BCUT2D eigenvalue weighted by Gasteiger charge is 2.29. The average Bonchev–Trinajstić information content (AvgIpc) is 3.24. The highest BCUT2D eigenvalue weighted by Crippen LogP contribution is 2.33. The number of nitrogens with one attached hydrogen (secondary N) is 1. The maximum Gasteiger partial charge on any atom is 0.271 e. The van der Waals surface area contributed by atoms with Crippen LogP contribution >= 0.6 is 0 Å². The largest absolute Gasteiger partial charge is 0.437 e. The average molecular weight is 363 g/mol. The Morgan fingerprint density at radius 1 is 1.26 bits per heavy atom. The van der Waals surface area contributed by atoms with Crippen LogP contribution in [0.1, 0.15) is 40.5 Å². The molecule has 4 rings (SSSR count). The van der Waals surface area contributed by atoms with E-state index >= 15 is 0 Å². The van der Waals surface area contributed by atoms with Crippen molar-refractivity contribution in [1.29, 1.82) is 0 Å². The Labute approximate surface area is 157 Å². The van der Waals surface area contributed by atoms with Crippen molar-refractivity contribution in [3.63, 3.8) is 0 Å². The van der Waals surface area contributed by atoms with E-state index in [1.165, 1.54) is 6.33 Å². The van der Waals surface area contributed by atoms with E-state index in [-0.39, 0.29) is 11.8 Å². The fraction of sp³-hybridized carbons (Fsp3) is 0.300. The van der Waals surface area contributed by atoms with Crippen LogP contribution in [-0.2, 0) is 0 Å². The molecule has 1 amide bonds. The molecule has 0 bridgehead atoms. The summed E-state index contributed by atoms with van der Waals surface area (Å²) in [6.45, 7) is 3.31. The zero-order valence-electron chi connectivity index (χ0n) is 15.1. The van der Waals surface area contributed by atoms with Crippen molar-refractivity contribution in [2.24, 2.45) is 0 Å². The Hall–Kier alpha value is -3.22. The summed E-state index contributed by atoms with van der Waals surface area (Å²) >= 11 is 0. The Morgan fingerprint density at radius 2 is 2.11 bits per heavy atom. The van der Waals surface area contributed by atoms with Crippen LogP contribution in [0, 0.1) is 6.92 Å². The molecule has 27 heavy (non-hydrogen) atoms. The van der Waals surface area contributed by atoms with Gasteiger partial charge in [-0.25, -0.2) is 9.97 Å². The normalized spacial score (nSPS) is 16.9. The maximum atomic E-state index is 12.6. The summed E-state index contributed by atoms with van der Waals surface area (Å²) in [6.07, 6.45) is 8.23. The molecule has 3 heterocycles. The summed E-state index contributed by atoms with van der Waals surface area (Å²) < 4.78 is 6.07. The van der Waals surface area contributed by atoms with E-state index in [1.54, 1.807) is 18.6 Å². The molecular weight excluding hydrogens is 342 g/mol. The third-order valence-corrected chi connectivity index (χ3v) is 4.82. The predicted octanol–water partition coefficient (Wildman–Crippen LogP) is 3.32. The van der Waals surface area contributed by atoms with Gasteiger partial charge in [0.2, 0.25) is 5.88 Å². The van der Waals surface area contributed by atoms with Gasteiger partial charge in [-0.2, -0.15) is 0 Å². The number of benzene rings is 1. The number of carbonyl (C=O) groups excluding carboxylic acids is 1. The number of aromatic nitrogens is 4. The molecule has 0 spiro atoms. The molecule has 0 radical (unpaired) electrons. The van der Waals surface area contributed by atoms with Crippen LogP contribution in [0.25, 0.3) is 0 Å². The van der Waals surface area contributed by atoms with E-state index in [9.17, 15) is 4.79 Å². The lowest BCUT2D eigenvalue weighted by atomic mass is 9.94. The molecule has 1 saturated heterocycles. The number of H-pyrrole nitrogens is 1. The third-order valence-electron chi connectivity index (χ3n) is 4.82. The van der Waals surface area contributed by atoms with Crippen molar-refractivity contribution >= 4 is 5.91 Å². The van der Waals surface area contributed by atoms with Gasteiger partial charge in [-0.15, -0.1) is 0 Å². The van der Waals surface area contributed by atoms with E-state index in [2.05, 4.69) is 19.9 Å². The van der Waals surface area contributed by atoms with Gasteiger partial charge in [0.25, 0.3) is 5.91 Å². The lowest BCUT2D eigenvalue weighted by Gasteiger charge is -2.32. The Balaban J connectivity index is 1.56. The van der Waals surface area contributed by atoms with E-state index in [0.717, 1.165) is 36.4 Å². The molecule has 1 fully saturated rings. The summed E-state index contributed by atoms with van der Waals surface area (Å²) in [4.78, 5) is 30.3. The molecular formula is C20H21N5O2. The zero-order valence-corrected chi connectivity index (χ0v) is 15.1. The van der Waals surface area contributed by atoms with Crippen LogP contribution in [-0.4, -0.2) is 43.8 Å². The number of nitrogens with zero attached hydrogens (tertiary/aromatic N) is 4. The first-order valence-electron chi connectivity index (χ1n) is 9.04. The number of carbonyl (C=O) groups is 1. The standard InChI is InChI=1S/C20H21N5O2/c1-14-5-2-3-7-17(14)27-19-18(22-8-9-23-19)15-6-4-10-25(12-15)20(26)16-11-21-13-24-16/h2-3,5,7-9,11,13,15H,4,6,10,12H2,1H3,(H,21,24)/t15-/m0/s1. The van der Waals surface area contributed by atoms with Gasteiger partial charge >= 0.3 is 0 Å². The van der Waals surface area contributed by atoms with Gasteiger partial charge in [-0.3, -0.25) is 9.78 Å². The van der Waals surface area contributed by atoms with Crippen molar-refractivity contribution < 1.29 is 9.53 Å². The molecule has 1 aliphatic heterocycles. The molecule has 1 atom stereocenters. The van der Waals surface area contributed by atoms with E-state index < -0.39 is 0 Å². The quantitative estimate of drug-likeness (QED) is 0.769. The number of aryl methyl sites for hydroxylation is 1. The van der Waals surface area contributed by atoms with E-state index in [1.807, 2.05) is 36.1 Å². The Kier molecular flexibility index (Phi) is 4.82. The van der Waals surface area contributed by atoms with Gasteiger partial charge in [-0.1, -0.05) is 18.2 Å². The van der Waals surface area contributed by atoms with Crippen molar-refractivity contribution in [3.05, 3.63) is 66.1 Å². The topological polar surface area (TPSA) is 84.0 Å². The number of hydrogen-bond acceptors (Lipinski definition) is 5. The van der Waals surface area contributed by atoms with Crippen molar-refractivity contribution in [3.8, 4) is 11.6 Å². The van der Waals surface area contributed by atoms with Crippen LogP contribution in [0.4, 0.5) is 0 Å². The van der Waals surface area contributed by atoms with Gasteiger partial charge in [0.05, 0.1) is 12.5 Å². The third kappa shape index (κ3) is 3.67. The van der Waals surface area contributed by atoms with Crippen molar-refractivity contribution in [2.45, 2.75) is 25.7 Å². The minimum absolute atomic E-state index is 0.0394. The molecule has 7 heteroatoms. The number of aromatic amines is 1. The summed E-state index contributed by atoms with van der Waals surface area (Å²) in [5, 5.41) is 0. The van der Waals surface area contributed by atoms with Gasteiger partial charge in [0.1, 0.15) is 17.1 Å². The predicted molar refractivity (Wildman–Crippen MR) is 99.8 cm³/mol. The van der Waals surface area contributed by atoms with E-state index in [0.29, 0.717) is 18.1 Å². The summed E-state index contributed by atoms with van der Waals surface area (Å²) in [5.74, 6) is 1.31. The fourth-order valence-corrected chi connectivity index (χ4v) is 3.40. The first-order chi connectivity index (χ1) is 13.2. The number of piperidine rings is 1. The van der Waals surface area contributed by atoms with Gasteiger partial charge < -0.3 is 14.6 Å². The van der Waals surface area contributed by atoms with Crippen LogP contribution in [0.15, 0.2) is 49.2 Å². The second-order valence-electron chi connectivity index (χ2n) is 6.67. The first kappa shape index (κ1) is 17.2. The van der Waals surface area contributed by atoms with Crippen molar-refractivity contribution in [2.75, 3.05) is 13.1 Å². The van der Waals surface area contributed by atoms with Crippen LogP contribution < -0.4 is 4.74 Å². The molecule has 138 valence electrons. The molecule has 2 aromatic heterocycles. The lowest BCUT2D eigenvalue weighted by molar-refractivity contribution is 0.0699. The second kappa shape index (κ2) is 7.57. The molecule has 0 aliphatic carbocycles. The lowest BCUT2D eigenvalue weighted by Crippen LogP contribution is -2.39. The van der Waals surface area contributed by atoms with E-state index in [4.69, 9.17) is 4.74 Å². The Bertz CT molecular complexity index is 926. The minimum atomic E-state index is -0.0394. The first-order valence-corrected chi connectivity index (χ1v) is 9.04. The number of ether oxygens (including phenoxy) is 1. The smallest absolute Gasteiger partial charge is 0.271 e. The molecule has 1 N–H and O–H groups in total.